The Hall–Kier alpha value is -0.610. The van der Waals surface area contributed by atoms with E-state index in [4.69, 9.17) is 4.74 Å². The molecule has 1 amide bonds. The van der Waals surface area contributed by atoms with Gasteiger partial charge in [-0.15, -0.1) is 0 Å². The minimum atomic E-state index is -0.0903. The van der Waals surface area contributed by atoms with Crippen molar-refractivity contribution in [3.05, 3.63) is 0 Å². The van der Waals surface area contributed by atoms with Crippen molar-refractivity contribution in [2.75, 3.05) is 19.7 Å². The van der Waals surface area contributed by atoms with Gasteiger partial charge < -0.3 is 15.4 Å². The third-order valence-electron chi connectivity index (χ3n) is 4.58. The predicted octanol–water partition coefficient (Wildman–Crippen LogP) is 2.37. The standard InChI is InChI=1S/C16H30N2O2/c1-2-11-20-16(8-4-3-5-9-16)13-18-15(19)12-14-7-6-10-17-14/h14,17H,2-13H2,1H3,(H,18,19). The van der Waals surface area contributed by atoms with Crippen LogP contribution in [-0.2, 0) is 9.53 Å². The Bertz CT molecular complexity index is 295. The van der Waals surface area contributed by atoms with Crippen molar-refractivity contribution >= 4 is 5.91 Å². The number of nitrogens with one attached hydrogen (secondary N) is 2. The molecule has 1 heterocycles. The Kier molecular flexibility index (Phi) is 6.30. The highest BCUT2D eigenvalue weighted by atomic mass is 16.5. The highest BCUT2D eigenvalue weighted by Crippen LogP contribution is 2.31. The maximum Gasteiger partial charge on any atom is 0.221 e. The van der Waals surface area contributed by atoms with Gasteiger partial charge in [0.1, 0.15) is 0 Å². The van der Waals surface area contributed by atoms with Gasteiger partial charge in [0.25, 0.3) is 0 Å². The van der Waals surface area contributed by atoms with Gasteiger partial charge in [-0.05, 0) is 38.6 Å². The second kappa shape index (κ2) is 7.99. The first-order valence-electron chi connectivity index (χ1n) is 8.38. The molecule has 116 valence electrons. The minimum absolute atomic E-state index is 0.0903. The Morgan fingerprint density at radius 2 is 2.10 bits per heavy atom. The van der Waals surface area contributed by atoms with E-state index in [2.05, 4.69) is 17.6 Å². The lowest BCUT2D eigenvalue weighted by molar-refractivity contribution is -0.124. The third kappa shape index (κ3) is 4.74. The molecule has 2 aliphatic rings. The molecule has 4 heteroatoms. The number of rotatable bonds is 7. The largest absolute Gasteiger partial charge is 0.373 e. The molecule has 0 bridgehead atoms. The summed E-state index contributed by atoms with van der Waals surface area (Å²) >= 11 is 0. The molecule has 4 nitrogen and oxygen atoms in total. The average Bonchev–Trinajstić information content (AvgIpc) is 2.97. The van der Waals surface area contributed by atoms with Crippen molar-refractivity contribution in [2.45, 2.75) is 76.4 Å². The molecule has 2 rings (SSSR count). The predicted molar refractivity (Wildman–Crippen MR) is 80.7 cm³/mol. The van der Waals surface area contributed by atoms with Crippen LogP contribution in [0, 0.1) is 0 Å². The molecule has 20 heavy (non-hydrogen) atoms. The summed E-state index contributed by atoms with van der Waals surface area (Å²) in [6, 6.07) is 0.383. The van der Waals surface area contributed by atoms with Crippen molar-refractivity contribution in [3.63, 3.8) is 0 Å². The number of ether oxygens (including phenoxy) is 1. The molecule has 0 aromatic heterocycles. The van der Waals surface area contributed by atoms with Crippen molar-refractivity contribution in [1.82, 2.24) is 10.6 Å². The summed E-state index contributed by atoms with van der Waals surface area (Å²) < 4.78 is 6.11. The van der Waals surface area contributed by atoms with Crippen LogP contribution < -0.4 is 10.6 Å². The van der Waals surface area contributed by atoms with Crippen LogP contribution in [0.5, 0.6) is 0 Å². The number of carbonyl (C=O) groups excluding carboxylic acids is 1. The minimum Gasteiger partial charge on any atom is -0.373 e. The molecule has 0 spiro atoms. The van der Waals surface area contributed by atoms with Crippen molar-refractivity contribution in [1.29, 1.82) is 0 Å². The van der Waals surface area contributed by atoms with E-state index in [1.807, 2.05) is 0 Å². The number of hydrogen-bond donors (Lipinski definition) is 2. The number of carbonyl (C=O) groups is 1. The van der Waals surface area contributed by atoms with Crippen molar-refractivity contribution in [3.8, 4) is 0 Å². The molecule has 1 saturated heterocycles. The molecular formula is C16H30N2O2. The van der Waals surface area contributed by atoms with Gasteiger partial charge in [0, 0.05) is 25.6 Å². The first-order valence-corrected chi connectivity index (χ1v) is 8.38. The highest BCUT2D eigenvalue weighted by molar-refractivity contribution is 5.76. The zero-order valence-corrected chi connectivity index (χ0v) is 12.9. The summed E-state index contributed by atoms with van der Waals surface area (Å²) in [6.07, 6.45) is 9.92. The van der Waals surface area contributed by atoms with Crippen LogP contribution >= 0.6 is 0 Å². The van der Waals surface area contributed by atoms with Crippen LogP contribution in [0.2, 0.25) is 0 Å². The second-order valence-electron chi connectivity index (χ2n) is 6.37. The van der Waals surface area contributed by atoms with Gasteiger partial charge in [-0.25, -0.2) is 0 Å². The number of amides is 1. The molecule has 1 atom stereocenters. The van der Waals surface area contributed by atoms with Crippen LogP contribution in [0.25, 0.3) is 0 Å². The fraction of sp³-hybridized carbons (Fsp3) is 0.938. The van der Waals surface area contributed by atoms with Crippen LogP contribution in [0.15, 0.2) is 0 Å². The SMILES string of the molecule is CCCOC1(CNC(=O)CC2CCCN2)CCCCC1. The van der Waals surface area contributed by atoms with E-state index in [-0.39, 0.29) is 11.5 Å². The Morgan fingerprint density at radius 1 is 1.30 bits per heavy atom. The lowest BCUT2D eigenvalue weighted by Gasteiger charge is -2.37. The first-order chi connectivity index (χ1) is 9.74. The smallest absolute Gasteiger partial charge is 0.221 e. The van der Waals surface area contributed by atoms with E-state index in [0.717, 1.165) is 38.8 Å². The molecule has 2 N–H and O–H groups in total. The van der Waals surface area contributed by atoms with E-state index in [0.29, 0.717) is 19.0 Å². The first kappa shape index (κ1) is 15.8. The molecule has 1 saturated carbocycles. The molecule has 1 aliphatic carbocycles. The number of hydrogen-bond acceptors (Lipinski definition) is 3. The van der Waals surface area contributed by atoms with Crippen LogP contribution in [0.3, 0.4) is 0 Å². The summed E-state index contributed by atoms with van der Waals surface area (Å²) in [6.45, 7) is 4.70. The fourth-order valence-corrected chi connectivity index (χ4v) is 3.37. The summed E-state index contributed by atoms with van der Waals surface area (Å²) in [7, 11) is 0. The molecule has 0 radical (unpaired) electrons. The van der Waals surface area contributed by atoms with E-state index in [9.17, 15) is 4.79 Å². The Morgan fingerprint density at radius 3 is 2.75 bits per heavy atom. The highest BCUT2D eigenvalue weighted by Gasteiger charge is 2.33. The third-order valence-corrected chi connectivity index (χ3v) is 4.58. The van der Waals surface area contributed by atoms with Crippen molar-refractivity contribution in [2.24, 2.45) is 0 Å². The maximum atomic E-state index is 12.1. The molecule has 1 aliphatic heterocycles. The maximum absolute atomic E-state index is 12.1. The van der Waals surface area contributed by atoms with Gasteiger partial charge in [0.05, 0.1) is 5.60 Å². The summed E-state index contributed by atoms with van der Waals surface area (Å²) in [4.78, 5) is 12.1. The second-order valence-corrected chi connectivity index (χ2v) is 6.37. The monoisotopic (exact) mass is 282 g/mol. The summed E-state index contributed by atoms with van der Waals surface area (Å²) in [5.41, 5.74) is -0.0903. The normalized spacial score (nSPS) is 25.6. The van der Waals surface area contributed by atoms with E-state index in [1.54, 1.807) is 0 Å². The fourth-order valence-electron chi connectivity index (χ4n) is 3.37. The molecular weight excluding hydrogens is 252 g/mol. The zero-order chi connectivity index (χ0) is 14.3. The van der Waals surface area contributed by atoms with Gasteiger partial charge in [-0.2, -0.15) is 0 Å². The van der Waals surface area contributed by atoms with Crippen LogP contribution in [0.1, 0.15) is 64.7 Å². The Balaban J connectivity index is 1.76. The van der Waals surface area contributed by atoms with Gasteiger partial charge in [0.15, 0.2) is 0 Å². The summed E-state index contributed by atoms with van der Waals surface area (Å²) in [5, 5.41) is 6.50. The molecule has 1 unspecified atom stereocenters. The van der Waals surface area contributed by atoms with E-state index in [1.165, 1.54) is 25.7 Å². The summed E-state index contributed by atoms with van der Waals surface area (Å²) in [5.74, 6) is 0.175. The topological polar surface area (TPSA) is 50.4 Å². The molecule has 0 aromatic rings. The molecule has 0 aromatic carbocycles. The van der Waals surface area contributed by atoms with Crippen LogP contribution in [-0.4, -0.2) is 37.2 Å². The van der Waals surface area contributed by atoms with Gasteiger partial charge in [0.2, 0.25) is 5.91 Å². The van der Waals surface area contributed by atoms with E-state index < -0.39 is 0 Å². The average molecular weight is 282 g/mol. The van der Waals surface area contributed by atoms with Gasteiger partial charge in [-0.3, -0.25) is 4.79 Å². The van der Waals surface area contributed by atoms with E-state index >= 15 is 0 Å². The van der Waals surface area contributed by atoms with Gasteiger partial charge in [-0.1, -0.05) is 26.2 Å². The Labute approximate surface area is 123 Å². The van der Waals surface area contributed by atoms with Crippen molar-refractivity contribution < 1.29 is 9.53 Å². The lowest BCUT2D eigenvalue weighted by atomic mass is 9.84. The zero-order valence-electron chi connectivity index (χ0n) is 12.9. The molecule has 2 fully saturated rings. The van der Waals surface area contributed by atoms with Gasteiger partial charge >= 0.3 is 0 Å². The van der Waals surface area contributed by atoms with Crippen LogP contribution in [0.4, 0.5) is 0 Å². The quantitative estimate of drug-likeness (QED) is 0.754. The lowest BCUT2D eigenvalue weighted by Crippen LogP contribution is -2.47.